The molecule has 1 aromatic carbocycles. The van der Waals surface area contributed by atoms with E-state index in [1.807, 2.05) is 6.20 Å². The van der Waals surface area contributed by atoms with Crippen LogP contribution in [0.1, 0.15) is 26.2 Å². The second kappa shape index (κ2) is 8.51. The number of carbonyl (C=O) groups excluding carboxylic acids is 4. The molecule has 0 aromatic heterocycles. The highest BCUT2D eigenvalue weighted by molar-refractivity contribution is 6.37. The molecule has 2 saturated heterocycles. The number of nitrogens with one attached hydrogen (secondary N) is 2. The van der Waals surface area contributed by atoms with Gasteiger partial charge < -0.3 is 10.2 Å². The van der Waals surface area contributed by atoms with E-state index in [2.05, 4.69) is 15.5 Å². The number of barbiturate groups is 1. The molecule has 0 radical (unpaired) electrons. The van der Waals surface area contributed by atoms with Crippen molar-refractivity contribution in [2.24, 2.45) is 0 Å². The van der Waals surface area contributed by atoms with Gasteiger partial charge in [0.25, 0.3) is 11.8 Å². The Kier molecular flexibility index (Phi) is 5.88. The van der Waals surface area contributed by atoms with Crippen molar-refractivity contribution < 1.29 is 19.2 Å². The van der Waals surface area contributed by atoms with Crippen molar-refractivity contribution in [1.29, 1.82) is 0 Å². The Morgan fingerprint density at radius 2 is 1.75 bits per heavy atom. The maximum Gasteiger partial charge on any atom is 0.335 e. The van der Waals surface area contributed by atoms with Crippen molar-refractivity contribution in [2.45, 2.75) is 26.2 Å². The number of urea groups is 1. The fraction of sp³-hybridized carbons (Fsp3) is 0.300. The molecule has 0 aliphatic carbocycles. The van der Waals surface area contributed by atoms with E-state index < -0.39 is 17.8 Å². The van der Waals surface area contributed by atoms with Gasteiger partial charge in [0.1, 0.15) is 5.57 Å². The molecule has 5 amide bonds. The maximum atomic E-state index is 12.8. The molecule has 28 heavy (non-hydrogen) atoms. The van der Waals surface area contributed by atoms with Crippen LogP contribution in [-0.4, -0.2) is 41.7 Å². The van der Waals surface area contributed by atoms with Crippen LogP contribution in [-0.2, 0) is 14.4 Å². The molecule has 2 fully saturated rings. The van der Waals surface area contributed by atoms with E-state index in [1.54, 1.807) is 18.2 Å². The van der Waals surface area contributed by atoms with Gasteiger partial charge in [-0.25, -0.2) is 9.69 Å². The fourth-order valence-electron chi connectivity index (χ4n) is 3.14. The van der Waals surface area contributed by atoms with Crippen LogP contribution in [0.15, 0.2) is 48.2 Å². The van der Waals surface area contributed by atoms with Crippen molar-refractivity contribution in [3.8, 4) is 0 Å². The first-order chi connectivity index (χ1) is 13.5. The Labute approximate surface area is 162 Å². The average molecular weight is 382 g/mol. The topological polar surface area (TPSA) is 98.8 Å². The van der Waals surface area contributed by atoms with Gasteiger partial charge in [-0.3, -0.25) is 19.7 Å². The van der Waals surface area contributed by atoms with Crippen molar-refractivity contribution in [2.75, 3.05) is 23.3 Å². The number of benzene rings is 1. The molecule has 0 bridgehead atoms. The molecule has 1 aromatic rings. The summed E-state index contributed by atoms with van der Waals surface area (Å²) in [5.74, 6) is -1.63. The van der Waals surface area contributed by atoms with Gasteiger partial charge in [0.05, 0.1) is 5.69 Å². The first-order valence-corrected chi connectivity index (χ1v) is 9.15. The molecule has 0 atom stereocenters. The van der Waals surface area contributed by atoms with Gasteiger partial charge in [-0.1, -0.05) is 0 Å². The SMILES string of the molecule is CC(=O)Nc1ccc(N2C(=O)NC(=O)/C(=C\C=C\N3CCCCC3)C2=O)cc1. The third-order valence-corrected chi connectivity index (χ3v) is 4.50. The number of hydrogen-bond donors (Lipinski definition) is 2. The van der Waals surface area contributed by atoms with Gasteiger partial charge in [0.2, 0.25) is 5.91 Å². The Morgan fingerprint density at radius 1 is 1.07 bits per heavy atom. The lowest BCUT2D eigenvalue weighted by atomic mass is 10.1. The zero-order valence-corrected chi connectivity index (χ0v) is 15.6. The van der Waals surface area contributed by atoms with Crippen molar-refractivity contribution in [3.63, 3.8) is 0 Å². The fourth-order valence-corrected chi connectivity index (χ4v) is 3.14. The van der Waals surface area contributed by atoms with Gasteiger partial charge in [-0.15, -0.1) is 0 Å². The zero-order chi connectivity index (χ0) is 20.1. The number of likely N-dealkylation sites (tertiary alicyclic amines) is 1. The van der Waals surface area contributed by atoms with E-state index in [1.165, 1.54) is 31.6 Å². The van der Waals surface area contributed by atoms with E-state index in [4.69, 9.17) is 0 Å². The van der Waals surface area contributed by atoms with Gasteiger partial charge in [0, 0.05) is 25.7 Å². The zero-order valence-electron chi connectivity index (χ0n) is 15.6. The third kappa shape index (κ3) is 4.46. The minimum absolute atomic E-state index is 0.112. The second-order valence-electron chi connectivity index (χ2n) is 6.65. The van der Waals surface area contributed by atoms with E-state index >= 15 is 0 Å². The van der Waals surface area contributed by atoms with Crippen LogP contribution in [0.3, 0.4) is 0 Å². The predicted octanol–water partition coefficient (Wildman–Crippen LogP) is 2.15. The molecule has 8 nitrogen and oxygen atoms in total. The lowest BCUT2D eigenvalue weighted by Crippen LogP contribution is -2.54. The van der Waals surface area contributed by atoms with Gasteiger partial charge in [0.15, 0.2) is 0 Å². The van der Waals surface area contributed by atoms with Crippen LogP contribution in [0.2, 0.25) is 0 Å². The molecule has 2 heterocycles. The monoisotopic (exact) mass is 382 g/mol. The minimum Gasteiger partial charge on any atom is -0.377 e. The Morgan fingerprint density at radius 3 is 2.39 bits per heavy atom. The van der Waals surface area contributed by atoms with Crippen LogP contribution >= 0.6 is 0 Å². The molecule has 0 saturated carbocycles. The highest BCUT2D eigenvalue weighted by atomic mass is 16.2. The number of anilines is 2. The number of carbonyl (C=O) groups is 4. The number of piperidine rings is 1. The summed E-state index contributed by atoms with van der Waals surface area (Å²) in [7, 11) is 0. The van der Waals surface area contributed by atoms with Crippen LogP contribution in [0.4, 0.5) is 16.2 Å². The highest BCUT2D eigenvalue weighted by Gasteiger charge is 2.36. The smallest absolute Gasteiger partial charge is 0.335 e. The van der Waals surface area contributed by atoms with Crippen LogP contribution in [0.5, 0.6) is 0 Å². The minimum atomic E-state index is -0.806. The largest absolute Gasteiger partial charge is 0.377 e. The Bertz CT molecular complexity index is 851. The van der Waals surface area contributed by atoms with Crippen LogP contribution in [0, 0.1) is 0 Å². The molecule has 0 unspecified atom stereocenters. The van der Waals surface area contributed by atoms with Crippen molar-refractivity contribution in [1.82, 2.24) is 10.2 Å². The number of nitrogens with zero attached hydrogens (tertiary/aromatic N) is 2. The number of allylic oxidation sites excluding steroid dienone is 2. The molecule has 8 heteroatoms. The first kappa shape index (κ1) is 19.3. The standard InChI is InChI=1S/C20H22N4O4/c1-14(25)21-15-7-9-16(10-8-15)24-19(27)17(18(26)22-20(24)28)6-5-13-23-11-3-2-4-12-23/h5-10,13H,2-4,11-12H2,1H3,(H,21,25)(H,22,26,28)/b13-5+,17-6+. The average Bonchev–Trinajstić information content (AvgIpc) is 2.66. The molecule has 2 N–H and O–H groups in total. The lowest BCUT2D eigenvalue weighted by molar-refractivity contribution is -0.122. The number of imide groups is 2. The summed E-state index contributed by atoms with van der Waals surface area (Å²) in [5, 5.41) is 4.80. The number of rotatable bonds is 4. The normalized spacial score (nSPS) is 19.3. The summed E-state index contributed by atoms with van der Waals surface area (Å²) >= 11 is 0. The summed E-state index contributed by atoms with van der Waals surface area (Å²) in [4.78, 5) is 51.2. The Balaban J connectivity index is 1.78. The molecular weight excluding hydrogens is 360 g/mol. The van der Waals surface area contributed by atoms with Gasteiger partial charge in [-0.2, -0.15) is 0 Å². The highest BCUT2D eigenvalue weighted by Crippen LogP contribution is 2.22. The number of hydrogen-bond acceptors (Lipinski definition) is 5. The van der Waals surface area contributed by atoms with Crippen LogP contribution in [0.25, 0.3) is 0 Å². The van der Waals surface area contributed by atoms with E-state index in [-0.39, 0.29) is 11.5 Å². The van der Waals surface area contributed by atoms with Gasteiger partial charge >= 0.3 is 6.03 Å². The van der Waals surface area contributed by atoms with E-state index in [0.717, 1.165) is 30.8 Å². The predicted molar refractivity (Wildman–Crippen MR) is 104 cm³/mol. The lowest BCUT2D eigenvalue weighted by Gasteiger charge is -2.26. The van der Waals surface area contributed by atoms with Gasteiger partial charge in [-0.05, 0) is 61.9 Å². The molecule has 3 rings (SSSR count). The van der Waals surface area contributed by atoms with Crippen LogP contribution < -0.4 is 15.5 Å². The summed E-state index contributed by atoms with van der Waals surface area (Å²) in [6.45, 7) is 3.28. The van der Waals surface area contributed by atoms with E-state index in [0.29, 0.717) is 11.4 Å². The molecule has 146 valence electrons. The third-order valence-electron chi connectivity index (χ3n) is 4.50. The second-order valence-corrected chi connectivity index (χ2v) is 6.65. The van der Waals surface area contributed by atoms with Crippen molar-refractivity contribution in [3.05, 3.63) is 48.2 Å². The number of amides is 5. The molecule has 0 spiro atoms. The maximum absolute atomic E-state index is 12.8. The quantitative estimate of drug-likeness (QED) is 0.614. The summed E-state index contributed by atoms with van der Waals surface area (Å²) in [5.41, 5.74) is 0.728. The van der Waals surface area contributed by atoms with E-state index in [9.17, 15) is 19.2 Å². The molecule has 2 aliphatic rings. The Hall–Kier alpha value is -3.42. The molecule has 2 aliphatic heterocycles. The summed E-state index contributed by atoms with van der Waals surface area (Å²) in [6, 6.07) is 5.40. The van der Waals surface area contributed by atoms with Crippen molar-refractivity contribution >= 4 is 35.1 Å². The summed E-state index contributed by atoms with van der Waals surface area (Å²) in [6.07, 6.45) is 8.40. The summed E-state index contributed by atoms with van der Waals surface area (Å²) < 4.78 is 0. The molecular formula is C20H22N4O4. The first-order valence-electron chi connectivity index (χ1n) is 9.15.